The molecule has 0 saturated heterocycles. The number of nitrogens with zero attached hydrogens (tertiary/aromatic N) is 2. The van der Waals surface area contributed by atoms with Gasteiger partial charge in [-0.25, -0.2) is 9.98 Å². The lowest BCUT2D eigenvalue weighted by atomic mass is 10.0. The molecule has 0 spiro atoms. The zero-order valence-corrected chi connectivity index (χ0v) is 14.1. The summed E-state index contributed by atoms with van der Waals surface area (Å²) in [6.45, 7) is 3.14. The summed E-state index contributed by atoms with van der Waals surface area (Å²) < 4.78 is 5.67. The molecule has 0 saturated carbocycles. The molecule has 3 aromatic rings. The van der Waals surface area contributed by atoms with Crippen LogP contribution >= 0.6 is 0 Å². The number of para-hydroxylation sites is 2. The van der Waals surface area contributed by atoms with Crippen molar-refractivity contribution in [1.82, 2.24) is 15.3 Å². The van der Waals surface area contributed by atoms with E-state index in [-0.39, 0.29) is 6.04 Å². The van der Waals surface area contributed by atoms with E-state index >= 15 is 0 Å². The monoisotopic (exact) mass is 335 g/mol. The summed E-state index contributed by atoms with van der Waals surface area (Å²) in [7, 11) is 0. The van der Waals surface area contributed by atoms with E-state index in [2.05, 4.69) is 39.3 Å². The number of aromatic amines is 1. The lowest BCUT2D eigenvalue weighted by Gasteiger charge is -2.26. The fraction of sp³-hybridized carbons (Fsp3) is 0.263. The SMILES string of the molecule is Cc1cccc2[nH]c(CN=C(N)NC3CCOc4ccccc43)nc12. The minimum atomic E-state index is 0.117. The third-order valence-electron chi connectivity index (χ3n) is 4.44. The number of fused-ring (bicyclic) bond motifs is 2. The van der Waals surface area contributed by atoms with Crippen molar-refractivity contribution in [3.05, 3.63) is 59.4 Å². The standard InChI is InChI=1S/C19H21N5O/c1-12-5-4-7-15-18(12)24-17(22-15)11-21-19(20)23-14-9-10-25-16-8-3-2-6-13(14)16/h2-8,14H,9-11H2,1H3,(H,22,24)(H3,20,21,23). The van der Waals surface area contributed by atoms with E-state index in [1.54, 1.807) is 0 Å². The number of rotatable bonds is 3. The van der Waals surface area contributed by atoms with Crippen LogP contribution in [0.2, 0.25) is 0 Å². The third kappa shape index (κ3) is 3.15. The van der Waals surface area contributed by atoms with Crippen molar-refractivity contribution in [2.45, 2.75) is 25.9 Å². The Balaban J connectivity index is 1.48. The fourth-order valence-electron chi connectivity index (χ4n) is 3.18. The lowest BCUT2D eigenvalue weighted by molar-refractivity contribution is 0.262. The largest absolute Gasteiger partial charge is 0.493 e. The van der Waals surface area contributed by atoms with Crippen molar-refractivity contribution < 1.29 is 4.74 Å². The summed E-state index contributed by atoms with van der Waals surface area (Å²) in [5.41, 5.74) is 10.4. The Bertz CT molecular complexity index is 930. The predicted molar refractivity (Wildman–Crippen MR) is 98.6 cm³/mol. The van der Waals surface area contributed by atoms with Crippen LogP contribution in [0.25, 0.3) is 11.0 Å². The van der Waals surface area contributed by atoms with Crippen molar-refractivity contribution >= 4 is 17.0 Å². The van der Waals surface area contributed by atoms with Gasteiger partial charge in [-0.2, -0.15) is 0 Å². The summed E-state index contributed by atoms with van der Waals surface area (Å²) in [6, 6.07) is 14.2. The summed E-state index contributed by atoms with van der Waals surface area (Å²) in [6.07, 6.45) is 0.858. The number of aryl methyl sites for hydroxylation is 1. The average molecular weight is 335 g/mol. The second kappa shape index (κ2) is 6.47. The van der Waals surface area contributed by atoms with E-state index in [0.717, 1.165) is 40.2 Å². The molecule has 1 aromatic heterocycles. The van der Waals surface area contributed by atoms with Gasteiger partial charge < -0.3 is 20.8 Å². The van der Waals surface area contributed by atoms with Crippen LogP contribution in [-0.2, 0) is 6.54 Å². The minimum absolute atomic E-state index is 0.117. The molecule has 0 radical (unpaired) electrons. The molecule has 6 heteroatoms. The van der Waals surface area contributed by atoms with Crippen LogP contribution in [0.1, 0.15) is 29.4 Å². The molecule has 0 aliphatic carbocycles. The first-order valence-corrected chi connectivity index (χ1v) is 8.43. The Morgan fingerprint density at radius 3 is 3.08 bits per heavy atom. The second-order valence-corrected chi connectivity index (χ2v) is 6.23. The van der Waals surface area contributed by atoms with Gasteiger partial charge in [0.15, 0.2) is 5.96 Å². The molecule has 1 aliphatic heterocycles. The van der Waals surface area contributed by atoms with E-state index in [4.69, 9.17) is 10.5 Å². The van der Waals surface area contributed by atoms with Crippen LogP contribution in [0.5, 0.6) is 5.75 Å². The number of nitrogens with one attached hydrogen (secondary N) is 2. The number of nitrogens with two attached hydrogens (primary N) is 1. The Labute approximate surface area is 146 Å². The molecule has 1 atom stereocenters. The maximum atomic E-state index is 6.09. The van der Waals surface area contributed by atoms with Gasteiger partial charge in [-0.15, -0.1) is 0 Å². The highest BCUT2D eigenvalue weighted by molar-refractivity contribution is 5.79. The van der Waals surface area contributed by atoms with E-state index in [0.29, 0.717) is 19.1 Å². The Hall–Kier alpha value is -3.02. The van der Waals surface area contributed by atoms with Gasteiger partial charge in [0, 0.05) is 12.0 Å². The minimum Gasteiger partial charge on any atom is -0.493 e. The van der Waals surface area contributed by atoms with E-state index in [9.17, 15) is 0 Å². The molecule has 0 fully saturated rings. The predicted octanol–water partition coefficient (Wildman–Crippen LogP) is 2.80. The lowest BCUT2D eigenvalue weighted by Crippen LogP contribution is -2.37. The molecule has 2 heterocycles. The molecule has 1 aliphatic rings. The molecule has 0 amide bonds. The number of H-pyrrole nitrogens is 1. The zero-order valence-electron chi connectivity index (χ0n) is 14.1. The van der Waals surface area contributed by atoms with Crippen molar-refractivity contribution in [2.24, 2.45) is 10.7 Å². The van der Waals surface area contributed by atoms with Gasteiger partial charge in [-0.3, -0.25) is 0 Å². The van der Waals surface area contributed by atoms with Crippen molar-refractivity contribution in [2.75, 3.05) is 6.61 Å². The Kier molecular flexibility index (Phi) is 4.01. The van der Waals surface area contributed by atoms with Gasteiger partial charge in [-0.05, 0) is 24.6 Å². The number of benzene rings is 2. The Morgan fingerprint density at radius 1 is 1.32 bits per heavy atom. The van der Waals surface area contributed by atoms with Crippen LogP contribution in [0.15, 0.2) is 47.5 Å². The molecular formula is C19H21N5O. The first kappa shape index (κ1) is 15.5. The molecule has 4 rings (SSSR count). The van der Waals surface area contributed by atoms with Crippen molar-refractivity contribution in [1.29, 1.82) is 0 Å². The number of imidazole rings is 1. The summed E-state index contributed by atoms with van der Waals surface area (Å²) in [4.78, 5) is 12.3. The summed E-state index contributed by atoms with van der Waals surface area (Å²) in [5, 5.41) is 3.30. The zero-order chi connectivity index (χ0) is 17.2. The normalized spacial score (nSPS) is 17.2. The average Bonchev–Trinajstić information content (AvgIpc) is 3.05. The fourth-order valence-corrected chi connectivity index (χ4v) is 3.18. The molecule has 0 bridgehead atoms. The molecule has 2 aromatic carbocycles. The number of hydrogen-bond donors (Lipinski definition) is 3. The number of hydrogen-bond acceptors (Lipinski definition) is 3. The van der Waals surface area contributed by atoms with Crippen molar-refractivity contribution in [3.63, 3.8) is 0 Å². The number of aliphatic imine (C=N–C) groups is 1. The molecule has 25 heavy (non-hydrogen) atoms. The summed E-state index contributed by atoms with van der Waals surface area (Å²) >= 11 is 0. The summed E-state index contributed by atoms with van der Waals surface area (Å²) in [5.74, 6) is 2.13. The van der Waals surface area contributed by atoms with E-state index < -0.39 is 0 Å². The maximum Gasteiger partial charge on any atom is 0.189 e. The highest BCUT2D eigenvalue weighted by atomic mass is 16.5. The number of guanidine groups is 1. The maximum absolute atomic E-state index is 6.09. The highest BCUT2D eigenvalue weighted by Crippen LogP contribution is 2.31. The molecular weight excluding hydrogens is 314 g/mol. The van der Waals surface area contributed by atoms with Gasteiger partial charge in [-0.1, -0.05) is 30.3 Å². The van der Waals surface area contributed by atoms with Gasteiger partial charge in [0.1, 0.15) is 18.1 Å². The Morgan fingerprint density at radius 2 is 2.20 bits per heavy atom. The molecule has 6 nitrogen and oxygen atoms in total. The second-order valence-electron chi connectivity index (χ2n) is 6.23. The van der Waals surface area contributed by atoms with Gasteiger partial charge >= 0.3 is 0 Å². The molecule has 1 unspecified atom stereocenters. The van der Waals surface area contributed by atoms with Gasteiger partial charge in [0.05, 0.1) is 23.7 Å². The van der Waals surface area contributed by atoms with Crippen LogP contribution in [0.4, 0.5) is 0 Å². The van der Waals surface area contributed by atoms with Gasteiger partial charge in [0.25, 0.3) is 0 Å². The number of ether oxygens (including phenoxy) is 1. The van der Waals surface area contributed by atoms with E-state index in [1.807, 2.05) is 30.3 Å². The molecule has 4 N–H and O–H groups in total. The topological polar surface area (TPSA) is 88.3 Å². The van der Waals surface area contributed by atoms with Crippen LogP contribution < -0.4 is 15.8 Å². The van der Waals surface area contributed by atoms with Crippen LogP contribution in [-0.4, -0.2) is 22.5 Å². The smallest absolute Gasteiger partial charge is 0.189 e. The quantitative estimate of drug-likeness (QED) is 0.507. The highest BCUT2D eigenvalue weighted by Gasteiger charge is 2.21. The molecule has 128 valence electrons. The first-order chi connectivity index (χ1) is 12.2. The first-order valence-electron chi connectivity index (χ1n) is 8.43. The van der Waals surface area contributed by atoms with Crippen LogP contribution in [0.3, 0.4) is 0 Å². The number of aromatic nitrogens is 2. The third-order valence-corrected chi connectivity index (χ3v) is 4.44. The van der Waals surface area contributed by atoms with E-state index in [1.165, 1.54) is 0 Å². The van der Waals surface area contributed by atoms with Crippen molar-refractivity contribution in [3.8, 4) is 5.75 Å². The van der Waals surface area contributed by atoms with Gasteiger partial charge in [0.2, 0.25) is 0 Å². The van der Waals surface area contributed by atoms with Crippen LogP contribution in [0, 0.1) is 6.92 Å².